The fourth-order valence-electron chi connectivity index (χ4n) is 3.81. The molecule has 0 aliphatic heterocycles. The summed E-state index contributed by atoms with van der Waals surface area (Å²) in [6.07, 6.45) is 0.633. The fraction of sp³-hybridized carbons (Fsp3) is 0.263. The molecule has 2 aromatic carbocycles. The summed E-state index contributed by atoms with van der Waals surface area (Å²) in [4.78, 5) is 24.0. The van der Waals surface area contributed by atoms with E-state index in [2.05, 4.69) is 0 Å². The molecule has 0 aromatic heterocycles. The molecule has 3 unspecified atom stereocenters. The maximum absolute atomic E-state index is 12.2. The van der Waals surface area contributed by atoms with Gasteiger partial charge in [0.25, 0.3) is 0 Å². The number of rotatable bonds is 4. The van der Waals surface area contributed by atoms with Crippen molar-refractivity contribution < 1.29 is 19.8 Å². The lowest BCUT2D eigenvalue weighted by Gasteiger charge is -2.29. The fourth-order valence-corrected chi connectivity index (χ4v) is 3.81. The van der Waals surface area contributed by atoms with Gasteiger partial charge in [0.2, 0.25) is 0 Å². The molecule has 0 saturated heterocycles. The first-order chi connectivity index (χ1) is 11.1. The molecule has 23 heavy (non-hydrogen) atoms. The minimum atomic E-state index is -1.38. The van der Waals surface area contributed by atoms with E-state index >= 15 is 0 Å². The molecule has 0 amide bonds. The van der Waals surface area contributed by atoms with E-state index in [1.54, 1.807) is 30.3 Å². The number of carbonyl (C=O) groups is 2. The minimum Gasteiger partial charge on any atom is -0.481 e. The van der Waals surface area contributed by atoms with Gasteiger partial charge < -0.3 is 10.2 Å². The highest BCUT2D eigenvalue weighted by Gasteiger charge is 2.57. The molecule has 118 valence electrons. The van der Waals surface area contributed by atoms with E-state index in [1.165, 1.54) is 0 Å². The molecule has 1 aliphatic carbocycles. The lowest BCUT2D eigenvalue weighted by molar-refractivity contribution is -0.154. The van der Waals surface area contributed by atoms with Crippen molar-refractivity contribution in [2.45, 2.75) is 24.2 Å². The summed E-state index contributed by atoms with van der Waals surface area (Å²) in [5.41, 5.74) is 0.185. The van der Waals surface area contributed by atoms with Crippen molar-refractivity contribution in [3.8, 4) is 0 Å². The lowest BCUT2D eigenvalue weighted by atomic mass is 9.72. The molecule has 0 radical (unpaired) electrons. The molecule has 4 nitrogen and oxygen atoms in total. The van der Waals surface area contributed by atoms with Crippen LogP contribution in [0.1, 0.15) is 29.9 Å². The average Bonchev–Trinajstić information content (AvgIpc) is 2.99. The van der Waals surface area contributed by atoms with Crippen LogP contribution in [0.2, 0.25) is 0 Å². The largest absolute Gasteiger partial charge is 0.481 e. The van der Waals surface area contributed by atoms with Gasteiger partial charge in [-0.1, -0.05) is 60.7 Å². The number of hydrogen-bond acceptors (Lipinski definition) is 2. The van der Waals surface area contributed by atoms with Crippen molar-refractivity contribution in [2.75, 3.05) is 0 Å². The van der Waals surface area contributed by atoms with Gasteiger partial charge in [0, 0.05) is 0 Å². The van der Waals surface area contributed by atoms with Crippen LogP contribution in [0.3, 0.4) is 0 Å². The Morgan fingerprint density at radius 2 is 1.48 bits per heavy atom. The van der Waals surface area contributed by atoms with E-state index in [1.807, 2.05) is 30.3 Å². The zero-order valence-electron chi connectivity index (χ0n) is 12.6. The lowest BCUT2D eigenvalue weighted by Crippen LogP contribution is -2.42. The molecule has 0 bridgehead atoms. The molecule has 1 fully saturated rings. The van der Waals surface area contributed by atoms with Crippen LogP contribution in [0, 0.1) is 5.92 Å². The van der Waals surface area contributed by atoms with Crippen LogP contribution < -0.4 is 0 Å². The second-order valence-corrected chi connectivity index (χ2v) is 6.08. The number of carboxylic acid groups (broad SMARTS) is 2. The Morgan fingerprint density at radius 1 is 0.913 bits per heavy atom. The van der Waals surface area contributed by atoms with Crippen molar-refractivity contribution in [1.82, 2.24) is 0 Å². The minimum absolute atomic E-state index is 0.0754. The van der Waals surface area contributed by atoms with Crippen LogP contribution in [-0.4, -0.2) is 22.2 Å². The zero-order valence-corrected chi connectivity index (χ0v) is 12.6. The Labute approximate surface area is 134 Å². The molecule has 0 spiro atoms. The normalized spacial score (nSPS) is 26.8. The topological polar surface area (TPSA) is 74.6 Å². The summed E-state index contributed by atoms with van der Waals surface area (Å²) >= 11 is 0. The van der Waals surface area contributed by atoms with Gasteiger partial charge in [-0.25, -0.2) is 0 Å². The maximum atomic E-state index is 12.2. The molecule has 1 aliphatic rings. The highest BCUT2D eigenvalue weighted by Crippen LogP contribution is 2.52. The molecule has 3 atom stereocenters. The third kappa shape index (κ3) is 2.50. The van der Waals surface area contributed by atoms with E-state index < -0.39 is 23.3 Å². The van der Waals surface area contributed by atoms with Gasteiger partial charge >= 0.3 is 11.9 Å². The van der Waals surface area contributed by atoms with Gasteiger partial charge in [-0.3, -0.25) is 9.59 Å². The Kier molecular flexibility index (Phi) is 3.90. The summed E-state index contributed by atoms with van der Waals surface area (Å²) in [7, 11) is 0. The van der Waals surface area contributed by atoms with E-state index in [9.17, 15) is 19.8 Å². The van der Waals surface area contributed by atoms with E-state index in [0.717, 1.165) is 5.56 Å². The second-order valence-electron chi connectivity index (χ2n) is 6.08. The quantitative estimate of drug-likeness (QED) is 0.908. The van der Waals surface area contributed by atoms with Gasteiger partial charge in [-0.05, 0) is 29.9 Å². The van der Waals surface area contributed by atoms with Gasteiger partial charge in [0.15, 0.2) is 0 Å². The molecule has 2 N–H and O–H groups in total. The standard InChI is InChI=1S/C19H18O4/c20-17(21)16-11-14(13-7-3-1-4-8-13)12-19(16,18(22)23)15-9-5-2-6-10-15/h1-10,14,16H,11-12H2,(H,20,21)(H,22,23). The highest BCUT2D eigenvalue weighted by molar-refractivity contribution is 5.90. The summed E-state index contributed by atoms with van der Waals surface area (Å²) in [5.74, 6) is -3.12. The van der Waals surface area contributed by atoms with Gasteiger partial charge in [-0.15, -0.1) is 0 Å². The van der Waals surface area contributed by atoms with Crippen LogP contribution in [0.5, 0.6) is 0 Å². The first-order valence-electron chi connectivity index (χ1n) is 7.62. The van der Waals surface area contributed by atoms with Gasteiger partial charge in [-0.2, -0.15) is 0 Å². The Bertz CT molecular complexity index is 711. The number of benzene rings is 2. The SMILES string of the molecule is O=C(O)C1CC(c2ccccc2)CC1(C(=O)O)c1ccccc1. The van der Waals surface area contributed by atoms with Crippen LogP contribution in [-0.2, 0) is 15.0 Å². The third-order valence-electron chi connectivity index (χ3n) is 4.92. The number of carboxylic acids is 2. The monoisotopic (exact) mass is 310 g/mol. The van der Waals surface area contributed by atoms with Crippen LogP contribution in [0.25, 0.3) is 0 Å². The van der Waals surface area contributed by atoms with E-state index in [-0.39, 0.29) is 5.92 Å². The molecule has 0 heterocycles. The maximum Gasteiger partial charge on any atom is 0.315 e. The molecular weight excluding hydrogens is 292 g/mol. The van der Waals surface area contributed by atoms with Crippen molar-refractivity contribution in [3.63, 3.8) is 0 Å². The number of aliphatic carboxylic acids is 2. The van der Waals surface area contributed by atoms with E-state index in [0.29, 0.717) is 18.4 Å². The first kappa shape index (κ1) is 15.3. The summed E-state index contributed by atoms with van der Waals surface area (Å²) in [6, 6.07) is 18.3. The van der Waals surface area contributed by atoms with Crippen LogP contribution in [0.15, 0.2) is 60.7 Å². The summed E-state index contributed by atoms with van der Waals surface area (Å²) < 4.78 is 0. The van der Waals surface area contributed by atoms with Gasteiger partial charge in [0.05, 0.1) is 5.92 Å². The predicted molar refractivity (Wildman–Crippen MR) is 85.3 cm³/mol. The second kappa shape index (κ2) is 5.88. The zero-order chi connectivity index (χ0) is 16.4. The van der Waals surface area contributed by atoms with E-state index in [4.69, 9.17) is 0 Å². The van der Waals surface area contributed by atoms with Crippen LogP contribution >= 0.6 is 0 Å². The van der Waals surface area contributed by atoms with Crippen molar-refractivity contribution >= 4 is 11.9 Å². The molecule has 4 heteroatoms. The average molecular weight is 310 g/mol. The predicted octanol–water partition coefficient (Wildman–Crippen LogP) is 3.29. The highest BCUT2D eigenvalue weighted by atomic mass is 16.4. The third-order valence-corrected chi connectivity index (χ3v) is 4.92. The summed E-state index contributed by atoms with van der Waals surface area (Å²) in [5, 5.41) is 19.6. The molecular formula is C19H18O4. The summed E-state index contributed by atoms with van der Waals surface area (Å²) in [6.45, 7) is 0. The van der Waals surface area contributed by atoms with Crippen molar-refractivity contribution in [3.05, 3.63) is 71.8 Å². The van der Waals surface area contributed by atoms with Crippen molar-refractivity contribution in [1.29, 1.82) is 0 Å². The Morgan fingerprint density at radius 3 is 2.00 bits per heavy atom. The van der Waals surface area contributed by atoms with Crippen LogP contribution in [0.4, 0.5) is 0 Å². The molecule has 1 saturated carbocycles. The molecule has 3 rings (SSSR count). The Hall–Kier alpha value is -2.62. The van der Waals surface area contributed by atoms with Gasteiger partial charge in [0.1, 0.15) is 5.41 Å². The van der Waals surface area contributed by atoms with Crippen molar-refractivity contribution in [2.24, 2.45) is 5.92 Å². The smallest absolute Gasteiger partial charge is 0.315 e. The molecule has 2 aromatic rings. The number of hydrogen-bond donors (Lipinski definition) is 2. The Balaban J connectivity index is 2.10. The first-order valence-corrected chi connectivity index (χ1v) is 7.62.